The van der Waals surface area contributed by atoms with Gasteiger partial charge in [0.25, 0.3) is 5.95 Å². The van der Waals surface area contributed by atoms with Crippen LogP contribution in [0.5, 0.6) is 0 Å². The van der Waals surface area contributed by atoms with Gasteiger partial charge < -0.3 is 0 Å². The first kappa shape index (κ1) is 14.2. The van der Waals surface area contributed by atoms with Gasteiger partial charge in [0.2, 0.25) is 0 Å². The third-order valence-electron chi connectivity index (χ3n) is 2.88. The highest BCUT2D eigenvalue weighted by atomic mass is 35.5. The third-order valence-corrected chi connectivity index (χ3v) is 3.13. The van der Waals surface area contributed by atoms with Crippen LogP contribution in [-0.4, -0.2) is 21.4 Å². The monoisotopic (exact) mass is 309 g/mol. The number of aromatic nitrogens is 3. The normalized spacial score (nSPS) is 10.8. The van der Waals surface area contributed by atoms with Crippen molar-refractivity contribution in [3.8, 4) is 11.3 Å². The van der Waals surface area contributed by atoms with Gasteiger partial charge in [0.1, 0.15) is 0 Å². The number of benzene rings is 2. The summed E-state index contributed by atoms with van der Waals surface area (Å²) in [7, 11) is 0. The van der Waals surface area contributed by atoms with Gasteiger partial charge in [0, 0.05) is 10.6 Å². The predicted molar refractivity (Wildman–Crippen MR) is 87.9 cm³/mol. The molecule has 2 aromatic carbocycles. The van der Waals surface area contributed by atoms with Crippen molar-refractivity contribution in [3.63, 3.8) is 0 Å². The molecule has 0 spiro atoms. The molecular formula is C16H12ClN5. The fraction of sp³-hybridized carbons (Fsp3) is 0. The van der Waals surface area contributed by atoms with E-state index in [1.54, 1.807) is 24.5 Å². The van der Waals surface area contributed by atoms with E-state index in [2.05, 4.69) is 25.7 Å². The van der Waals surface area contributed by atoms with Crippen molar-refractivity contribution in [1.29, 1.82) is 0 Å². The molecular weight excluding hydrogens is 298 g/mol. The van der Waals surface area contributed by atoms with Gasteiger partial charge in [0.15, 0.2) is 0 Å². The molecule has 3 aromatic rings. The molecule has 1 aromatic heterocycles. The van der Waals surface area contributed by atoms with E-state index < -0.39 is 0 Å². The summed E-state index contributed by atoms with van der Waals surface area (Å²) in [5, 5.41) is 12.6. The first-order valence-electron chi connectivity index (χ1n) is 6.61. The zero-order valence-corrected chi connectivity index (χ0v) is 12.3. The minimum atomic E-state index is 0.339. The molecule has 0 aliphatic carbocycles. The highest BCUT2D eigenvalue weighted by molar-refractivity contribution is 6.30. The highest BCUT2D eigenvalue weighted by Crippen LogP contribution is 2.15. The van der Waals surface area contributed by atoms with E-state index in [1.165, 1.54) is 0 Å². The molecule has 0 radical (unpaired) electrons. The molecule has 6 heteroatoms. The fourth-order valence-corrected chi connectivity index (χ4v) is 1.94. The second-order valence-electron chi connectivity index (χ2n) is 4.45. The van der Waals surface area contributed by atoms with E-state index in [9.17, 15) is 0 Å². The maximum absolute atomic E-state index is 5.83. The number of nitrogens with zero attached hydrogens (tertiary/aromatic N) is 4. The van der Waals surface area contributed by atoms with Crippen molar-refractivity contribution in [2.45, 2.75) is 0 Å². The summed E-state index contributed by atoms with van der Waals surface area (Å²) in [5.74, 6) is 0.339. The van der Waals surface area contributed by atoms with Crippen LogP contribution in [0.4, 0.5) is 5.95 Å². The minimum absolute atomic E-state index is 0.339. The minimum Gasteiger partial charge on any atom is -0.244 e. The van der Waals surface area contributed by atoms with Gasteiger partial charge in [-0.05, 0) is 17.7 Å². The number of hydrogen-bond acceptors (Lipinski definition) is 5. The van der Waals surface area contributed by atoms with Crippen LogP contribution in [0.15, 0.2) is 65.9 Å². The lowest BCUT2D eigenvalue weighted by Crippen LogP contribution is -1.99. The summed E-state index contributed by atoms with van der Waals surface area (Å²) in [5.41, 5.74) is 5.40. The quantitative estimate of drug-likeness (QED) is 0.590. The van der Waals surface area contributed by atoms with Crippen molar-refractivity contribution in [2.24, 2.45) is 5.10 Å². The summed E-state index contributed by atoms with van der Waals surface area (Å²) >= 11 is 5.83. The Labute approximate surface area is 132 Å². The number of rotatable bonds is 4. The Hall–Kier alpha value is -2.79. The Bertz CT molecular complexity index is 772. The van der Waals surface area contributed by atoms with Crippen molar-refractivity contribution in [3.05, 3.63) is 71.4 Å². The average Bonchev–Trinajstić information content (AvgIpc) is 2.58. The molecule has 0 atom stereocenters. The van der Waals surface area contributed by atoms with Gasteiger partial charge in [-0.25, -0.2) is 10.4 Å². The van der Waals surface area contributed by atoms with Crippen molar-refractivity contribution < 1.29 is 0 Å². The predicted octanol–water partition coefficient (Wildman–Crippen LogP) is 3.64. The lowest BCUT2D eigenvalue weighted by Gasteiger charge is -2.01. The number of nitrogens with one attached hydrogen (secondary N) is 1. The standard InChI is InChI=1S/C16H12ClN5/c17-14-8-6-12(7-9-14)10-18-21-16-20-15(11-19-22-16)13-4-2-1-3-5-13/h1-11H,(H,20,21,22). The van der Waals surface area contributed by atoms with Crippen molar-refractivity contribution in [2.75, 3.05) is 5.43 Å². The van der Waals surface area contributed by atoms with Gasteiger partial charge in [0.05, 0.1) is 18.1 Å². The molecule has 0 saturated carbocycles. The molecule has 3 rings (SSSR count). The summed E-state index contributed by atoms with van der Waals surface area (Å²) in [4.78, 5) is 4.37. The largest absolute Gasteiger partial charge is 0.263 e. The Balaban J connectivity index is 1.72. The number of anilines is 1. The third kappa shape index (κ3) is 3.65. The van der Waals surface area contributed by atoms with Crippen LogP contribution in [0.1, 0.15) is 5.56 Å². The van der Waals surface area contributed by atoms with E-state index in [4.69, 9.17) is 11.6 Å². The highest BCUT2D eigenvalue weighted by Gasteiger charge is 2.01. The number of hydrazone groups is 1. The number of halogens is 1. The molecule has 0 amide bonds. The van der Waals surface area contributed by atoms with Crippen LogP contribution in [0, 0.1) is 0 Å². The van der Waals surface area contributed by atoms with Crippen LogP contribution in [0.25, 0.3) is 11.3 Å². The Morgan fingerprint density at radius 3 is 2.55 bits per heavy atom. The first-order chi connectivity index (χ1) is 10.8. The SMILES string of the molecule is Clc1ccc(C=NNc2nncc(-c3ccccc3)n2)cc1. The van der Waals surface area contributed by atoms with Gasteiger partial charge in [-0.3, -0.25) is 0 Å². The second-order valence-corrected chi connectivity index (χ2v) is 4.89. The van der Waals surface area contributed by atoms with Crippen LogP contribution < -0.4 is 5.43 Å². The molecule has 0 aliphatic heterocycles. The van der Waals surface area contributed by atoms with E-state index in [0.717, 1.165) is 16.8 Å². The van der Waals surface area contributed by atoms with Gasteiger partial charge in [-0.2, -0.15) is 10.2 Å². The zero-order valence-electron chi connectivity index (χ0n) is 11.5. The molecule has 1 N–H and O–H groups in total. The zero-order chi connectivity index (χ0) is 15.2. The summed E-state index contributed by atoms with van der Waals surface area (Å²) in [6.07, 6.45) is 3.28. The second kappa shape index (κ2) is 6.78. The maximum atomic E-state index is 5.83. The molecule has 0 saturated heterocycles. The summed E-state index contributed by atoms with van der Waals surface area (Å²) < 4.78 is 0. The van der Waals surface area contributed by atoms with Gasteiger partial charge in [-0.15, -0.1) is 5.10 Å². The van der Waals surface area contributed by atoms with Crippen LogP contribution in [0.2, 0.25) is 5.02 Å². The molecule has 1 heterocycles. The van der Waals surface area contributed by atoms with E-state index in [-0.39, 0.29) is 0 Å². The van der Waals surface area contributed by atoms with Crippen molar-refractivity contribution in [1.82, 2.24) is 15.2 Å². The molecule has 0 unspecified atom stereocenters. The van der Waals surface area contributed by atoms with Gasteiger partial charge >= 0.3 is 0 Å². The van der Waals surface area contributed by atoms with E-state index in [1.807, 2.05) is 42.5 Å². The fourth-order valence-electron chi connectivity index (χ4n) is 1.81. The maximum Gasteiger partial charge on any atom is 0.263 e. The molecule has 108 valence electrons. The Morgan fingerprint density at radius 2 is 1.77 bits per heavy atom. The molecule has 5 nitrogen and oxygen atoms in total. The molecule has 0 bridgehead atoms. The lowest BCUT2D eigenvalue weighted by molar-refractivity contribution is 0.967. The smallest absolute Gasteiger partial charge is 0.244 e. The van der Waals surface area contributed by atoms with E-state index >= 15 is 0 Å². The first-order valence-corrected chi connectivity index (χ1v) is 6.99. The summed E-state index contributed by atoms with van der Waals surface area (Å²) in [6, 6.07) is 17.1. The van der Waals surface area contributed by atoms with E-state index in [0.29, 0.717) is 11.0 Å². The molecule has 0 fully saturated rings. The number of hydrogen-bond donors (Lipinski definition) is 1. The van der Waals surface area contributed by atoms with Crippen LogP contribution in [0.3, 0.4) is 0 Å². The Kier molecular flexibility index (Phi) is 4.36. The van der Waals surface area contributed by atoms with Crippen LogP contribution >= 0.6 is 11.6 Å². The Morgan fingerprint density at radius 1 is 1.00 bits per heavy atom. The average molecular weight is 310 g/mol. The van der Waals surface area contributed by atoms with Crippen LogP contribution in [-0.2, 0) is 0 Å². The topological polar surface area (TPSA) is 63.1 Å². The summed E-state index contributed by atoms with van der Waals surface area (Å²) in [6.45, 7) is 0. The van der Waals surface area contributed by atoms with Crippen molar-refractivity contribution >= 4 is 23.8 Å². The molecule has 22 heavy (non-hydrogen) atoms. The lowest BCUT2D eigenvalue weighted by atomic mass is 10.2. The molecule has 0 aliphatic rings. The van der Waals surface area contributed by atoms with Gasteiger partial charge in [-0.1, -0.05) is 54.1 Å².